The van der Waals surface area contributed by atoms with Crippen LogP contribution in [0.5, 0.6) is 11.5 Å². The van der Waals surface area contributed by atoms with Gasteiger partial charge >= 0.3 is 5.97 Å². The highest BCUT2D eigenvalue weighted by molar-refractivity contribution is 5.96. The van der Waals surface area contributed by atoms with Crippen LogP contribution in [0, 0.1) is 11.6 Å². The van der Waals surface area contributed by atoms with Crippen molar-refractivity contribution in [3.63, 3.8) is 0 Å². The second-order valence-electron chi connectivity index (χ2n) is 4.45. The Balaban J connectivity index is 1.96. The lowest BCUT2D eigenvalue weighted by Gasteiger charge is -2.08. The molecule has 8 heteroatoms. The van der Waals surface area contributed by atoms with Gasteiger partial charge in [0.15, 0.2) is 6.61 Å². The number of amides is 1. The Morgan fingerprint density at radius 1 is 1.09 bits per heavy atom. The number of carbonyl (C=O) groups is 2. The Kier molecular flexibility index (Phi) is 4.75. The molecule has 0 aliphatic heterocycles. The number of halogens is 2. The topological polar surface area (TPSA) is 95.9 Å². The molecule has 120 valence electrons. The summed E-state index contributed by atoms with van der Waals surface area (Å²) >= 11 is 0. The summed E-state index contributed by atoms with van der Waals surface area (Å²) < 4.78 is 30.9. The third kappa shape index (κ3) is 4.16. The average Bonchev–Trinajstić information content (AvgIpc) is 2.48. The lowest BCUT2D eigenvalue weighted by atomic mass is 10.2. The van der Waals surface area contributed by atoms with E-state index in [1.165, 1.54) is 0 Å². The van der Waals surface area contributed by atoms with Crippen LogP contribution in [-0.2, 0) is 9.53 Å². The fourth-order valence-corrected chi connectivity index (χ4v) is 1.68. The molecule has 0 radical (unpaired) electrons. The quantitative estimate of drug-likeness (QED) is 0.750. The van der Waals surface area contributed by atoms with Crippen molar-refractivity contribution in [2.24, 2.45) is 0 Å². The number of hydrogen-bond acceptors (Lipinski definition) is 5. The molecule has 6 nitrogen and oxygen atoms in total. The molecule has 0 aliphatic carbocycles. The number of carbonyl (C=O) groups excluding carboxylic acids is 2. The zero-order valence-corrected chi connectivity index (χ0v) is 11.5. The summed E-state index contributed by atoms with van der Waals surface area (Å²) in [5.41, 5.74) is -0.647. The van der Waals surface area contributed by atoms with Crippen LogP contribution in [0.4, 0.5) is 14.5 Å². The van der Waals surface area contributed by atoms with Crippen molar-refractivity contribution < 1.29 is 33.3 Å². The SMILES string of the molecule is O=C(COC(=O)c1ccc(O)cc1O)Nc1cc(F)ccc1F. The third-order valence-corrected chi connectivity index (χ3v) is 2.74. The molecular weight excluding hydrogens is 312 g/mol. The van der Waals surface area contributed by atoms with Crippen molar-refractivity contribution in [1.82, 2.24) is 0 Å². The van der Waals surface area contributed by atoms with Crippen LogP contribution in [-0.4, -0.2) is 28.7 Å². The molecule has 0 bridgehead atoms. The van der Waals surface area contributed by atoms with Gasteiger partial charge in [0.05, 0.1) is 5.69 Å². The maximum absolute atomic E-state index is 13.3. The van der Waals surface area contributed by atoms with Crippen molar-refractivity contribution in [1.29, 1.82) is 0 Å². The second kappa shape index (κ2) is 6.73. The number of phenols is 2. The molecule has 0 spiro atoms. The van der Waals surface area contributed by atoms with Crippen LogP contribution in [0.1, 0.15) is 10.4 Å². The van der Waals surface area contributed by atoms with E-state index in [4.69, 9.17) is 5.11 Å². The minimum atomic E-state index is -1.02. The van der Waals surface area contributed by atoms with E-state index in [1.54, 1.807) is 0 Å². The lowest BCUT2D eigenvalue weighted by molar-refractivity contribution is -0.119. The van der Waals surface area contributed by atoms with Gasteiger partial charge in [0.2, 0.25) is 0 Å². The largest absolute Gasteiger partial charge is 0.508 e. The van der Waals surface area contributed by atoms with E-state index in [9.17, 15) is 23.5 Å². The van der Waals surface area contributed by atoms with Crippen LogP contribution < -0.4 is 5.32 Å². The standard InChI is InChI=1S/C15H11F2NO5/c16-8-1-4-11(17)12(5-8)18-14(21)7-23-15(22)10-3-2-9(19)6-13(10)20/h1-6,19-20H,7H2,(H,18,21). The van der Waals surface area contributed by atoms with Gasteiger partial charge in [-0.25, -0.2) is 13.6 Å². The van der Waals surface area contributed by atoms with Crippen molar-refractivity contribution >= 4 is 17.6 Å². The van der Waals surface area contributed by atoms with Crippen LogP contribution in [0.3, 0.4) is 0 Å². The molecule has 0 aromatic heterocycles. The molecule has 0 unspecified atom stereocenters. The molecule has 0 saturated heterocycles. The fourth-order valence-electron chi connectivity index (χ4n) is 1.68. The van der Waals surface area contributed by atoms with Gasteiger partial charge in [-0.1, -0.05) is 0 Å². The van der Waals surface area contributed by atoms with E-state index in [0.717, 1.165) is 36.4 Å². The Bertz CT molecular complexity index is 764. The number of rotatable bonds is 4. The molecule has 0 heterocycles. The van der Waals surface area contributed by atoms with Gasteiger partial charge < -0.3 is 20.3 Å². The normalized spacial score (nSPS) is 10.2. The van der Waals surface area contributed by atoms with Gasteiger partial charge in [0.25, 0.3) is 5.91 Å². The number of esters is 1. The van der Waals surface area contributed by atoms with E-state index in [2.05, 4.69) is 4.74 Å². The maximum atomic E-state index is 13.3. The molecular formula is C15H11F2NO5. The van der Waals surface area contributed by atoms with Crippen LogP contribution in [0.15, 0.2) is 36.4 Å². The van der Waals surface area contributed by atoms with Crippen molar-refractivity contribution in [3.8, 4) is 11.5 Å². The molecule has 23 heavy (non-hydrogen) atoms. The molecule has 2 aromatic rings. The molecule has 2 aromatic carbocycles. The first-order chi connectivity index (χ1) is 10.9. The summed E-state index contributed by atoms with van der Waals surface area (Å²) in [5, 5.41) is 20.6. The van der Waals surface area contributed by atoms with Gasteiger partial charge in [-0.15, -0.1) is 0 Å². The van der Waals surface area contributed by atoms with Gasteiger partial charge in [0.1, 0.15) is 28.7 Å². The van der Waals surface area contributed by atoms with Gasteiger partial charge in [-0.05, 0) is 24.3 Å². The van der Waals surface area contributed by atoms with Gasteiger partial charge in [0, 0.05) is 12.1 Å². The van der Waals surface area contributed by atoms with Gasteiger partial charge in [-0.2, -0.15) is 0 Å². The molecule has 0 saturated carbocycles. The lowest BCUT2D eigenvalue weighted by Crippen LogP contribution is -2.21. The Hall–Kier alpha value is -3.16. The van der Waals surface area contributed by atoms with E-state index in [-0.39, 0.29) is 11.3 Å². The second-order valence-corrected chi connectivity index (χ2v) is 4.45. The van der Waals surface area contributed by atoms with E-state index in [0.29, 0.717) is 0 Å². The van der Waals surface area contributed by atoms with Crippen LogP contribution >= 0.6 is 0 Å². The molecule has 2 rings (SSSR count). The third-order valence-electron chi connectivity index (χ3n) is 2.74. The predicted octanol–water partition coefficient (Wildman–Crippen LogP) is 2.17. The number of hydrogen-bond donors (Lipinski definition) is 3. The average molecular weight is 323 g/mol. The number of benzene rings is 2. The first-order valence-corrected chi connectivity index (χ1v) is 6.31. The minimum absolute atomic E-state index is 0.252. The maximum Gasteiger partial charge on any atom is 0.342 e. The highest BCUT2D eigenvalue weighted by atomic mass is 19.1. The predicted molar refractivity (Wildman–Crippen MR) is 75.0 cm³/mol. The fraction of sp³-hybridized carbons (Fsp3) is 0.0667. The Labute approximate surface area is 128 Å². The summed E-state index contributed by atoms with van der Waals surface area (Å²) in [6.45, 7) is -0.769. The first-order valence-electron chi connectivity index (χ1n) is 6.31. The van der Waals surface area contributed by atoms with E-state index < -0.39 is 41.6 Å². The Morgan fingerprint density at radius 2 is 1.83 bits per heavy atom. The molecule has 0 atom stereocenters. The minimum Gasteiger partial charge on any atom is -0.508 e. The molecule has 0 aliphatic rings. The van der Waals surface area contributed by atoms with Crippen molar-refractivity contribution in [3.05, 3.63) is 53.6 Å². The zero-order valence-electron chi connectivity index (χ0n) is 11.5. The van der Waals surface area contributed by atoms with E-state index in [1.807, 2.05) is 5.32 Å². The van der Waals surface area contributed by atoms with Crippen molar-refractivity contribution in [2.45, 2.75) is 0 Å². The van der Waals surface area contributed by atoms with E-state index >= 15 is 0 Å². The number of ether oxygens (including phenoxy) is 1. The molecule has 0 fully saturated rings. The smallest absolute Gasteiger partial charge is 0.342 e. The number of nitrogens with one attached hydrogen (secondary N) is 1. The van der Waals surface area contributed by atoms with Crippen molar-refractivity contribution in [2.75, 3.05) is 11.9 Å². The number of phenolic OH excluding ortho intramolecular Hbond substituents is 2. The highest BCUT2D eigenvalue weighted by Gasteiger charge is 2.15. The van der Waals surface area contributed by atoms with Crippen LogP contribution in [0.25, 0.3) is 0 Å². The molecule has 1 amide bonds. The summed E-state index contributed by atoms with van der Waals surface area (Å²) in [7, 11) is 0. The summed E-state index contributed by atoms with van der Waals surface area (Å²) in [4.78, 5) is 23.2. The highest BCUT2D eigenvalue weighted by Crippen LogP contribution is 2.23. The Morgan fingerprint density at radius 3 is 2.52 bits per heavy atom. The zero-order chi connectivity index (χ0) is 17.0. The monoisotopic (exact) mass is 323 g/mol. The number of aromatic hydroxyl groups is 2. The van der Waals surface area contributed by atoms with Gasteiger partial charge in [-0.3, -0.25) is 4.79 Å². The summed E-state index contributed by atoms with van der Waals surface area (Å²) in [5.74, 6) is -4.27. The number of anilines is 1. The summed E-state index contributed by atoms with van der Waals surface area (Å²) in [6.07, 6.45) is 0. The van der Waals surface area contributed by atoms with Crippen LogP contribution in [0.2, 0.25) is 0 Å². The summed E-state index contributed by atoms with van der Waals surface area (Å²) in [6, 6.07) is 5.69. The molecule has 3 N–H and O–H groups in total. The first kappa shape index (κ1) is 16.2.